The van der Waals surface area contributed by atoms with Gasteiger partial charge in [0, 0.05) is 4.88 Å². The zero-order valence-electron chi connectivity index (χ0n) is 10.8. The minimum Gasteiger partial charge on any atom is -0.390 e. The predicted molar refractivity (Wildman–Crippen MR) is 74.5 cm³/mol. The Morgan fingerprint density at radius 3 is 2.71 bits per heavy atom. The number of rotatable bonds is 5. The molecule has 1 atom stereocenters. The second-order valence-electron chi connectivity index (χ2n) is 5.37. The molecule has 1 unspecified atom stereocenters. The fraction of sp³-hybridized carbons (Fsp3) is 0.733. The van der Waals surface area contributed by atoms with Crippen LogP contribution in [0.3, 0.4) is 0 Å². The van der Waals surface area contributed by atoms with Crippen molar-refractivity contribution in [2.45, 2.75) is 63.9 Å². The molecule has 0 radical (unpaired) electrons. The Morgan fingerprint density at radius 2 is 2.12 bits per heavy atom. The highest BCUT2D eigenvalue weighted by atomic mass is 32.1. The number of aliphatic hydroxyl groups is 1. The molecule has 0 aromatic carbocycles. The van der Waals surface area contributed by atoms with Crippen LogP contribution >= 0.6 is 11.3 Å². The Balaban J connectivity index is 1.93. The zero-order valence-corrected chi connectivity index (χ0v) is 11.6. The first-order valence-corrected chi connectivity index (χ1v) is 7.87. The van der Waals surface area contributed by atoms with Gasteiger partial charge in [0.05, 0.1) is 5.60 Å². The van der Waals surface area contributed by atoms with Crippen molar-refractivity contribution < 1.29 is 5.11 Å². The summed E-state index contributed by atoms with van der Waals surface area (Å²) in [6.45, 7) is 2.14. The van der Waals surface area contributed by atoms with Crippen molar-refractivity contribution in [1.29, 1.82) is 0 Å². The molecular weight excluding hydrogens is 228 g/mol. The van der Waals surface area contributed by atoms with Gasteiger partial charge in [0.2, 0.25) is 0 Å². The Bertz CT molecular complexity index is 314. The normalized spacial score (nSPS) is 21.3. The number of aryl methyl sites for hydroxylation is 1. The summed E-state index contributed by atoms with van der Waals surface area (Å²) in [5, 5.41) is 13.0. The molecule has 0 bridgehead atoms. The van der Waals surface area contributed by atoms with Crippen LogP contribution in [0.5, 0.6) is 0 Å². The highest BCUT2D eigenvalue weighted by molar-refractivity contribution is 7.09. The van der Waals surface area contributed by atoms with Crippen LogP contribution in [0.1, 0.15) is 56.7 Å². The Labute approximate surface area is 109 Å². The van der Waals surface area contributed by atoms with Crippen LogP contribution in [0, 0.1) is 5.92 Å². The van der Waals surface area contributed by atoms with E-state index in [1.807, 2.05) is 11.3 Å². The standard InChI is InChI=1S/C15H24OS/c1-2-15(16,13-7-4-3-5-8-13)11-10-14-9-6-12-17-14/h6,9,12-13,16H,2-5,7-8,10-11H2,1H3. The van der Waals surface area contributed by atoms with Crippen LogP contribution < -0.4 is 0 Å². The van der Waals surface area contributed by atoms with E-state index in [9.17, 15) is 5.11 Å². The molecular formula is C15H24OS. The fourth-order valence-corrected chi connectivity index (χ4v) is 3.81. The quantitative estimate of drug-likeness (QED) is 0.823. The van der Waals surface area contributed by atoms with Crippen LogP contribution in [0.15, 0.2) is 17.5 Å². The topological polar surface area (TPSA) is 20.2 Å². The van der Waals surface area contributed by atoms with E-state index >= 15 is 0 Å². The summed E-state index contributed by atoms with van der Waals surface area (Å²) >= 11 is 1.81. The number of hydrogen-bond donors (Lipinski definition) is 1. The van der Waals surface area contributed by atoms with E-state index in [0.29, 0.717) is 5.92 Å². The lowest BCUT2D eigenvalue weighted by Crippen LogP contribution is -2.39. The lowest BCUT2D eigenvalue weighted by atomic mass is 9.73. The van der Waals surface area contributed by atoms with Crippen molar-refractivity contribution >= 4 is 11.3 Å². The molecule has 17 heavy (non-hydrogen) atoms. The minimum absolute atomic E-state index is 0.412. The van der Waals surface area contributed by atoms with E-state index in [2.05, 4.69) is 24.4 Å². The molecule has 96 valence electrons. The molecule has 1 N–H and O–H groups in total. The SMILES string of the molecule is CCC(O)(CCc1cccs1)C1CCCCC1. The molecule has 0 saturated heterocycles. The highest BCUT2D eigenvalue weighted by Gasteiger charge is 2.35. The molecule has 2 heteroatoms. The van der Waals surface area contributed by atoms with Gasteiger partial charge in [-0.3, -0.25) is 0 Å². The summed E-state index contributed by atoms with van der Waals surface area (Å²) in [5.41, 5.74) is -0.412. The number of thiophene rings is 1. The Morgan fingerprint density at radius 1 is 1.35 bits per heavy atom. The van der Waals surface area contributed by atoms with E-state index in [1.165, 1.54) is 37.0 Å². The second kappa shape index (κ2) is 6.01. The lowest BCUT2D eigenvalue weighted by molar-refractivity contribution is -0.0428. The van der Waals surface area contributed by atoms with Gasteiger partial charge < -0.3 is 5.11 Å². The first kappa shape index (κ1) is 13.1. The van der Waals surface area contributed by atoms with Crippen LogP contribution in [-0.4, -0.2) is 10.7 Å². The van der Waals surface area contributed by atoms with E-state index in [-0.39, 0.29) is 0 Å². The van der Waals surface area contributed by atoms with Crippen LogP contribution in [0.25, 0.3) is 0 Å². The third-order valence-corrected chi connectivity index (χ3v) is 5.30. The maximum atomic E-state index is 10.8. The van der Waals surface area contributed by atoms with Crippen LogP contribution in [0.2, 0.25) is 0 Å². The van der Waals surface area contributed by atoms with Crippen molar-refractivity contribution in [2.75, 3.05) is 0 Å². The predicted octanol–water partition coefficient (Wildman–Crippen LogP) is 4.40. The summed E-state index contributed by atoms with van der Waals surface area (Å²) in [4.78, 5) is 1.41. The van der Waals surface area contributed by atoms with Crippen molar-refractivity contribution in [3.05, 3.63) is 22.4 Å². The summed E-state index contributed by atoms with van der Waals surface area (Å²) in [7, 11) is 0. The van der Waals surface area contributed by atoms with Crippen LogP contribution in [0.4, 0.5) is 0 Å². The molecule has 2 rings (SSSR count). The molecule has 1 nitrogen and oxygen atoms in total. The van der Waals surface area contributed by atoms with Gasteiger partial charge in [0.1, 0.15) is 0 Å². The van der Waals surface area contributed by atoms with Crippen molar-refractivity contribution in [2.24, 2.45) is 5.92 Å². The summed E-state index contributed by atoms with van der Waals surface area (Å²) in [5.74, 6) is 0.543. The first-order chi connectivity index (χ1) is 8.24. The smallest absolute Gasteiger partial charge is 0.0676 e. The van der Waals surface area contributed by atoms with Crippen molar-refractivity contribution in [3.63, 3.8) is 0 Å². The average Bonchev–Trinajstić information content (AvgIpc) is 2.90. The minimum atomic E-state index is -0.412. The average molecular weight is 252 g/mol. The molecule has 1 aliphatic carbocycles. The largest absolute Gasteiger partial charge is 0.390 e. The fourth-order valence-electron chi connectivity index (χ4n) is 3.10. The van der Waals surface area contributed by atoms with Gasteiger partial charge in [0.25, 0.3) is 0 Å². The third kappa shape index (κ3) is 3.32. The molecule has 1 aromatic rings. The Kier molecular flexibility index (Phi) is 4.63. The van der Waals surface area contributed by atoms with Gasteiger partial charge in [-0.2, -0.15) is 0 Å². The van der Waals surface area contributed by atoms with Gasteiger partial charge in [0.15, 0.2) is 0 Å². The van der Waals surface area contributed by atoms with Gasteiger partial charge in [-0.25, -0.2) is 0 Å². The molecule has 0 aliphatic heterocycles. The summed E-state index contributed by atoms with van der Waals surface area (Å²) in [6, 6.07) is 4.28. The van der Waals surface area contributed by atoms with Gasteiger partial charge in [-0.15, -0.1) is 11.3 Å². The van der Waals surface area contributed by atoms with Crippen molar-refractivity contribution in [3.8, 4) is 0 Å². The lowest BCUT2D eigenvalue weighted by Gasteiger charge is -2.38. The van der Waals surface area contributed by atoms with E-state index < -0.39 is 5.60 Å². The van der Waals surface area contributed by atoms with Gasteiger partial charge in [-0.05, 0) is 49.5 Å². The second-order valence-corrected chi connectivity index (χ2v) is 6.40. The summed E-state index contributed by atoms with van der Waals surface area (Å²) in [6.07, 6.45) is 9.33. The number of hydrogen-bond acceptors (Lipinski definition) is 2. The van der Waals surface area contributed by atoms with Gasteiger partial charge in [-0.1, -0.05) is 32.3 Å². The maximum absolute atomic E-state index is 10.8. The summed E-state index contributed by atoms with van der Waals surface area (Å²) < 4.78 is 0. The van der Waals surface area contributed by atoms with E-state index in [4.69, 9.17) is 0 Å². The van der Waals surface area contributed by atoms with E-state index in [0.717, 1.165) is 19.3 Å². The molecule has 1 heterocycles. The molecule has 1 saturated carbocycles. The molecule has 1 fully saturated rings. The Hall–Kier alpha value is -0.340. The monoisotopic (exact) mass is 252 g/mol. The molecule has 1 aromatic heterocycles. The maximum Gasteiger partial charge on any atom is 0.0676 e. The van der Waals surface area contributed by atoms with Crippen molar-refractivity contribution in [1.82, 2.24) is 0 Å². The van der Waals surface area contributed by atoms with E-state index in [1.54, 1.807) is 0 Å². The third-order valence-electron chi connectivity index (χ3n) is 4.36. The van der Waals surface area contributed by atoms with Crippen LogP contribution in [-0.2, 0) is 6.42 Å². The molecule has 1 aliphatic rings. The first-order valence-electron chi connectivity index (χ1n) is 6.99. The molecule has 0 amide bonds. The highest BCUT2D eigenvalue weighted by Crippen LogP contribution is 2.37. The van der Waals surface area contributed by atoms with Gasteiger partial charge >= 0.3 is 0 Å². The molecule has 0 spiro atoms. The zero-order chi connectivity index (χ0) is 12.1.